The lowest BCUT2D eigenvalue weighted by Gasteiger charge is -2.26. The summed E-state index contributed by atoms with van der Waals surface area (Å²) in [6.07, 6.45) is 0. The van der Waals surface area contributed by atoms with E-state index in [9.17, 15) is 0 Å². The molecule has 0 atom stereocenters. The van der Waals surface area contributed by atoms with E-state index < -0.39 is 0 Å². The second-order valence-electron chi connectivity index (χ2n) is 12.9. The standard InChI is InChI=1S/C39H41N/c1-28-8-22-35(23-9-28)40(36-24-14-31(15-25-36)29-10-18-33(19-11-29)38(2,3)4)37-26-16-32(17-27-37)30-12-20-34(21-13-30)39(5,6)7/h8-27H,1-7H3. The van der Waals surface area contributed by atoms with E-state index in [0.29, 0.717) is 0 Å². The molecule has 5 rings (SSSR count). The molecule has 40 heavy (non-hydrogen) atoms. The third-order valence-corrected chi connectivity index (χ3v) is 7.71. The number of hydrogen-bond acceptors (Lipinski definition) is 1. The van der Waals surface area contributed by atoms with Crippen LogP contribution in [0.3, 0.4) is 0 Å². The summed E-state index contributed by atoms with van der Waals surface area (Å²) in [6, 6.07) is 44.5. The van der Waals surface area contributed by atoms with E-state index in [1.807, 2.05) is 0 Å². The van der Waals surface area contributed by atoms with Crippen LogP contribution in [-0.2, 0) is 10.8 Å². The molecule has 0 heterocycles. The van der Waals surface area contributed by atoms with Crippen molar-refractivity contribution >= 4 is 17.1 Å². The Bertz CT molecular complexity index is 1440. The molecule has 0 N–H and O–H groups in total. The van der Waals surface area contributed by atoms with Crippen molar-refractivity contribution < 1.29 is 0 Å². The van der Waals surface area contributed by atoms with Gasteiger partial charge < -0.3 is 4.90 Å². The fourth-order valence-corrected chi connectivity index (χ4v) is 5.07. The lowest BCUT2D eigenvalue weighted by Crippen LogP contribution is -2.10. The van der Waals surface area contributed by atoms with Crippen molar-refractivity contribution in [2.45, 2.75) is 59.3 Å². The Morgan fingerprint density at radius 2 is 0.600 bits per heavy atom. The molecule has 5 aromatic carbocycles. The highest BCUT2D eigenvalue weighted by Crippen LogP contribution is 2.37. The highest BCUT2D eigenvalue weighted by atomic mass is 15.1. The van der Waals surface area contributed by atoms with E-state index >= 15 is 0 Å². The smallest absolute Gasteiger partial charge is 0.0462 e. The molecule has 0 aliphatic rings. The molecule has 1 heteroatoms. The summed E-state index contributed by atoms with van der Waals surface area (Å²) < 4.78 is 0. The van der Waals surface area contributed by atoms with E-state index in [4.69, 9.17) is 0 Å². The molecule has 0 aliphatic heterocycles. The summed E-state index contributed by atoms with van der Waals surface area (Å²) in [5, 5.41) is 0. The lowest BCUT2D eigenvalue weighted by molar-refractivity contribution is 0.590. The maximum absolute atomic E-state index is 2.33. The zero-order valence-electron chi connectivity index (χ0n) is 25.0. The zero-order chi connectivity index (χ0) is 28.5. The van der Waals surface area contributed by atoms with Gasteiger partial charge in [-0.05, 0) is 87.5 Å². The normalized spacial score (nSPS) is 11.9. The topological polar surface area (TPSA) is 3.24 Å². The molecule has 0 saturated heterocycles. The minimum Gasteiger partial charge on any atom is -0.311 e. The van der Waals surface area contributed by atoms with Crippen LogP contribution in [0.4, 0.5) is 17.1 Å². The summed E-state index contributed by atoms with van der Waals surface area (Å²) in [7, 11) is 0. The highest BCUT2D eigenvalue weighted by Gasteiger charge is 2.16. The van der Waals surface area contributed by atoms with Gasteiger partial charge in [-0.2, -0.15) is 0 Å². The molecular weight excluding hydrogens is 482 g/mol. The Morgan fingerprint density at radius 3 is 0.875 bits per heavy atom. The Kier molecular flexibility index (Phi) is 7.43. The third-order valence-electron chi connectivity index (χ3n) is 7.71. The van der Waals surface area contributed by atoms with Crippen molar-refractivity contribution in [3.05, 3.63) is 138 Å². The second-order valence-corrected chi connectivity index (χ2v) is 12.9. The maximum atomic E-state index is 2.33. The number of aryl methyl sites for hydroxylation is 1. The summed E-state index contributed by atoms with van der Waals surface area (Å²) in [5.41, 5.74) is 12.6. The van der Waals surface area contributed by atoms with E-state index in [2.05, 4.69) is 175 Å². The van der Waals surface area contributed by atoms with Crippen molar-refractivity contribution in [1.29, 1.82) is 0 Å². The number of rotatable bonds is 5. The Hall–Kier alpha value is -4.10. The average Bonchev–Trinajstić information content (AvgIpc) is 2.94. The monoisotopic (exact) mass is 523 g/mol. The molecule has 0 aliphatic carbocycles. The predicted octanol–water partition coefficient (Wildman–Crippen LogP) is 11.4. The van der Waals surface area contributed by atoms with Gasteiger partial charge in [0.05, 0.1) is 0 Å². The largest absolute Gasteiger partial charge is 0.311 e. The molecule has 0 saturated carbocycles. The molecule has 202 valence electrons. The van der Waals surface area contributed by atoms with Gasteiger partial charge in [-0.25, -0.2) is 0 Å². The van der Waals surface area contributed by atoms with Gasteiger partial charge in [0.25, 0.3) is 0 Å². The van der Waals surface area contributed by atoms with Gasteiger partial charge in [-0.15, -0.1) is 0 Å². The van der Waals surface area contributed by atoms with Gasteiger partial charge in [0.1, 0.15) is 0 Å². The molecule has 0 fully saturated rings. The fraction of sp³-hybridized carbons (Fsp3) is 0.231. The van der Waals surface area contributed by atoms with Gasteiger partial charge in [0.15, 0.2) is 0 Å². The van der Waals surface area contributed by atoms with Gasteiger partial charge >= 0.3 is 0 Å². The second kappa shape index (κ2) is 10.8. The van der Waals surface area contributed by atoms with Crippen LogP contribution in [0, 0.1) is 6.92 Å². The van der Waals surface area contributed by atoms with Crippen LogP contribution in [0.2, 0.25) is 0 Å². The minimum absolute atomic E-state index is 0.155. The SMILES string of the molecule is Cc1ccc(N(c2ccc(-c3ccc(C(C)(C)C)cc3)cc2)c2ccc(-c3ccc(C(C)(C)C)cc3)cc2)cc1. The average molecular weight is 524 g/mol. The summed E-state index contributed by atoms with van der Waals surface area (Å²) in [4.78, 5) is 2.33. The number of nitrogens with zero attached hydrogens (tertiary/aromatic N) is 1. The van der Waals surface area contributed by atoms with Crippen molar-refractivity contribution in [3.63, 3.8) is 0 Å². The molecule has 0 unspecified atom stereocenters. The van der Waals surface area contributed by atoms with Crippen LogP contribution in [0.5, 0.6) is 0 Å². The first-order valence-corrected chi connectivity index (χ1v) is 14.3. The first-order valence-electron chi connectivity index (χ1n) is 14.3. The van der Waals surface area contributed by atoms with Gasteiger partial charge in [0, 0.05) is 17.1 Å². The quantitative estimate of drug-likeness (QED) is 0.221. The van der Waals surface area contributed by atoms with Gasteiger partial charge in [0.2, 0.25) is 0 Å². The summed E-state index contributed by atoms with van der Waals surface area (Å²) in [6.45, 7) is 15.7. The van der Waals surface area contributed by atoms with Crippen molar-refractivity contribution in [2.75, 3.05) is 4.90 Å². The Balaban J connectivity index is 1.46. The Morgan fingerprint density at radius 1 is 0.350 bits per heavy atom. The van der Waals surface area contributed by atoms with Crippen molar-refractivity contribution in [3.8, 4) is 22.3 Å². The Labute approximate surface area is 241 Å². The molecule has 0 radical (unpaired) electrons. The van der Waals surface area contributed by atoms with E-state index in [0.717, 1.165) is 17.1 Å². The van der Waals surface area contributed by atoms with Crippen LogP contribution >= 0.6 is 0 Å². The zero-order valence-corrected chi connectivity index (χ0v) is 25.0. The number of benzene rings is 5. The molecule has 5 aromatic rings. The van der Waals surface area contributed by atoms with E-state index in [1.165, 1.54) is 38.9 Å². The van der Waals surface area contributed by atoms with Crippen LogP contribution in [0.15, 0.2) is 121 Å². The molecule has 0 spiro atoms. The fourth-order valence-electron chi connectivity index (χ4n) is 5.07. The molecule has 0 aromatic heterocycles. The number of anilines is 3. The third kappa shape index (κ3) is 6.05. The minimum atomic E-state index is 0.155. The molecule has 0 amide bonds. The van der Waals surface area contributed by atoms with E-state index in [1.54, 1.807) is 0 Å². The lowest BCUT2D eigenvalue weighted by atomic mass is 9.86. The maximum Gasteiger partial charge on any atom is 0.0462 e. The molecular formula is C39H41N. The van der Waals surface area contributed by atoms with E-state index in [-0.39, 0.29) is 10.8 Å². The molecule has 0 bridgehead atoms. The van der Waals surface area contributed by atoms with Gasteiger partial charge in [-0.1, -0.05) is 132 Å². The van der Waals surface area contributed by atoms with Crippen LogP contribution in [-0.4, -0.2) is 0 Å². The first kappa shape index (κ1) is 27.5. The molecule has 1 nitrogen and oxygen atoms in total. The van der Waals surface area contributed by atoms with Crippen LogP contribution in [0.25, 0.3) is 22.3 Å². The highest BCUT2D eigenvalue weighted by molar-refractivity contribution is 5.80. The number of hydrogen-bond donors (Lipinski definition) is 0. The van der Waals surface area contributed by atoms with Crippen LogP contribution < -0.4 is 4.90 Å². The van der Waals surface area contributed by atoms with Gasteiger partial charge in [-0.3, -0.25) is 0 Å². The van der Waals surface area contributed by atoms with Crippen molar-refractivity contribution in [1.82, 2.24) is 0 Å². The summed E-state index contributed by atoms with van der Waals surface area (Å²) in [5.74, 6) is 0. The van der Waals surface area contributed by atoms with Crippen LogP contribution in [0.1, 0.15) is 58.2 Å². The van der Waals surface area contributed by atoms with Crippen molar-refractivity contribution in [2.24, 2.45) is 0 Å². The summed E-state index contributed by atoms with van der Waals surface area (Å²) >= 11 is 0. The predicted molar refractivity (Wildman–Crippen MR) is 174 cm³/mol. The first-order chi connectivity index (χ1) is 19.0.